The van der Waals surface area contributed by atoms with Crippen molar-refractivity contribution in [2.75, 3.05) is 7.11 Å². The fraction of sp³-hybridized carbons (Fsp3) is 0.385. The maximum Gasteiger partial charge on any atom is 0.339 e. The molecule has 110 valence electrons. The van der Waals surface area contributed by atoms with E-state index in [0.717, 1.165) is 23.6 Å². The third-order valence-electron chi connectivity index (χ3n) is 3.22. The van der Waals surface area contributed by atoms with Gasteiger partial charge in [-0.05, 0) is 41.0 Å². The Balaban J connectivity index is 1.73. The summed E-state index contributed by atoms with van der Waals surface area (Å²) >= 11 is 1.53. The molecule has 0 atom stereocenters. The van der Waals surface area contributed by atoms with Crippen molar-refractivity contribution in [1.82, 2.24) is 20.2 Å². The van der Waals surface area contributed by atoms with Crippen molar-refractivity contribution in [3.05, 3.63) is 29.3 Å². The summed E-state index contributed by atoms with van der Waals surface area (Å²) in [6, 6.07) is 5.51. The summed E-state index contributed by atoms with van der Waals surface area (Å²) in [4.78, 5) is 11.0. The number of rotatable bonds is 6. The maximum absolute atomic E-state index is 11.0. The van der Waals surface area contributed by atoms with Gasteiger partial charge in [0.05, 0.1) is 13.2 Å². The number of hydrogen-bond donors (Lipinski definition) is 1. The van der Waals surface area contributed by atoms with Gasteiger partial charge in [-0.2, -0.15) is 0 Å². The summed E-state index contributed by atoms with van der Waals surface area (Å²) in [5.41, 5.74) is 1.13. The molecule has 2 aromatic rings. The van der Waals surface area contributed by atoms with Crippen LogP contribution in [0.4, 0.5) is 0 Å². The van der Waals surface area contributed by atoms with Crippen molar-refractivity contribution in [3.63, 3.8) is 0 Å². The number of methoxy groups -OCH3 is 1. The highest BCUT2D eigenvalue weighted by atomic mass is 32.2. The summed E-state index contributed by atoms with van der Waals surface area (Å²) in [5.74, 6) is 0.0229. The van der Waals surface area contributed by atoms with Gasteiger partial charge in [0.2, 0.25) is 5.16 Å². The number of ether oxygens (including phenoxy) is 1. The summed E-state index contributed by atoms with van der Waals surface area (Å²) in [5, 5.41) is 21.6. The lowest BCUT2D eigenvalue weighted by Gasteiger charge is -2.07. The van der Waals surface area contributed by atoms with Gasteiger partial charge in [0.25, 0.3) is 0 Å². The third kappa shape index (κ3) is 2.99. The Bertz CT molecular complexity index is 669. The smallest absolute Gasteiger partial charge is 0.339 e. The van der Waals surface area contributed by atoms with Gasteiger partial charge >= 0.3 is 5.97 Å². The van der Waals surface area contributed by atoms with E-state index in [-0.39, 0.29) is 5.56 Å². The number of benzene rings is 1. The second-order valence-electron chi connectivity index (χ2n) is 4.77. The zero-order valence-electron chi connectivity index (χ0n) is 11.4. The highest BCUT2D eigenvalue weighted by Gasteiger charge is 2.27. The largest absolute Gasteiger partial charge is 0.496 e. The van der Waals surface area contributed by atoms with E-state index in [9.17, 15) is 4.79 Å². The lowest BCUT2D eigenvalue weighted by molar-refractivity contribution is 0.0693. The standard InChI is InChI=1S/C13H14N4O3S/c1-20-11-6-8(2-5-10(11)12(18)19)7-21-13-14-15-16-17(13)9-3-4-9/h2,5-6,9H,3-4,7H2,1H3,(H,18,19). The summed E-state index contributed by atoms with van der Waals surface area (Å²) in [7, 11) is 1.46. The van der Waals surface area contributed by atoms with E-state index < -0.39 is 5.97 Å². The minimum absolute atomic E-state index is 0.161. The highest BCUT2D eigenvalue weighted by Crippen LogP contribution is 2.37. The molecule has 0 aliphatic heterocycles. The molecular formula is C13H14N4O3S. The Morgan fingerprint density at radius 2 is 2.33 bits per heavy atom. The number of carboxylic acid groups (broad SMARTS) is 1. The molecule has 1 fully saturated rings. The van der Waals surface area contributed by atoms with Crippen LogP contribution >= 0.6 is 11.8 Å². The molecule has 0 amide bonds. The number of tetrazole rings is 1. The summed E-state index contributed by atoms with van der Waals surface area (Å²) < 4.78 is 6.98. The van der Waals surface area contributed by atoms with Gasteiger partial charge in [0, 0.05) is 5.75 Å². The quantitative estimate of drug-likeness (QED) is 0.816. The molecule has 1 aromatic heterocycles. The number of aromatic carboxylic acids is 1. The molecule has 1 aliphatic rings. The first-order valence-electron chi connectivity index (χ1n) is 6.50. The molecule has 0 bridgehead atoms. The van der Waals surface area contributed by atoms with Crippen LogP contribution in [0.25, 0.3) is 0 Å². The predicted molar refractivity (Wildman–Crippen MR) is 75.6 cm³/mol. The van der Waals surface area contributed by atoms with Crippen molar-refractivity contribution >= 4 is 17.7 Å². The van der Waals surface area contributed by atoms with E-state index in [1.807, 2.05) is 4.68 Å². The number of nitrogens with zero attached hydrogens (tertiary/aromatic N) is 4. The molecule has 21 heavy (non-hydrogen) atoms. The van der Waals surface area contributed by atoms with Crippen molar-refractivity contribution in [2.24, 2.45) is 0 Å². The average Bonchev–Trinajstić information content (AvgIpc) is 3.23. The van der Waals surface area contributed by atoms with Crippen molar-refractivity contribution in [3.8, 4) is 5.75 Å². The Morgan fingerprint density at radius 1 is 1.52 bits per heavy atom. The summed E-state index contributed by atoms with van der Waals surface area (Å²) in [6.45, 7) is 0. The van der Waals surface area contributed by atoms with Gasteiger partial charge in [-0.3, -0.25) is 0 Å². The van der Waals surface area contributed by atoms with E-state index in [2.05, 4.69) is 15.5 Å². The summed E-state index contributed by atoms with van der Waals surface area (Å²) in [6.07, 6.45) is 2.25. The van der Waals surface area contributed by atoms with E-state index in [0.29, 0.717) is 17.5 Å². The predicted octanol–water partition coefficient (Wildman–Crippen LogP) is 2.01. The third-order valence-corrected chi connectivity index (χ3v) is 4.22. The normalized spacial score (nSPS) is 14.1. The van der Waals surface area contributed by atoms with Gasteiger partial charge in [-0.25, -0.2) is 9.48 Å². The minimum Gasteiger partial charge on any atom is -0.496 e. The second kappa shape index (κ2) is 5.72. The molecule has 1 aromatic carbocycles. The molecule has 7 nitrogen and oxygen atoms in total. The van der Waals surface area contributed by atoms with Crippen LogP contribution in [-0.4, -0.2) is 38.4 Å². The van der Waals surface area contributed by atoms with Crippen LogP contribution < -0.4 is 4.74 Å². The van der Waals surface area contributed by atoms with Gasteiger partial charge in [0.15, 0.2) is 0 Å². The molecule has 1 heterocycles. The van der Waals surface area contributed by atoms with Crippen LogP contribution in [0.2, 0.25) is 0 Å². The molecule has 8 heteroatoms. The zero-order valence-corrected chi connectivity index (χ0v) is 12.2. The molecule has 0 radical (unpaired) electrons. The number of aromatic nitrogens is 4. The van der Waals surface area contributed by atoms with Gasteiger partial charge in [0.1, 0.15) is 11.3 Å². The highest BCUT2D eigenvalue weighted by molar-refractivity contribution is 7.98. The molecule has 3 rings (SSSR count). The van der Waals surface area contributed by atoms with E-state index in [1.165, 1.54) is 18.9 Å². The molecule has 0 spiro atoms. The Labute approximate surface area is 125 Å². The lowest BCUT2D eigenvalue weighted by atomic mass is 10.1. The van der Waals surface area contributed by atoms with Crippen LogP contribution in [0.15, 0.2) is 23.4 Å². The number of carbonyl (C=O) groups is 1. The zero-order chi connectivity index (χ0) is 14.8. The van der Waals surface area contributed by atoms with Crippen LogP contribution in [0, 0.1) is 0 Å². The van der Waals surface area contributed by atoms with Gasteiger partial charge < -0.3 is 9.84 Å². The van der Waals surface area contributed by atoms with Gasteiger partial charge in [-0.15, -0.1) is 5.10 Å². The van der Waals surface area contributed by atoms with Crippen LogP contribution in [-0.2, 0) is 5.75 Å². The van der Waals surface area contributed by atoms with E-state index >= 15 is 0 Å². The van der Waals surface area contributed by atoms with Crippen molar-refractivity contribution < 1.29 is 14.6 Å². The SMILES string of the molecule is COc1cc(CSc2nnnn2C2CC2)ccc1C(=O)O. The number of thioether (sulfide) groups is 1. The van der Waals surface area contributed by atoms with Gasteiger partial charge in [-0.1, -0.05) is 17.8 Å². The molecule has 0 unspecified atom stereocenters. The molecule has 1 saturated carbocycles. The fourth-order valence-corrected chi connectivity index (χ4v) is 2.87. The van der Waals surface area contributed by atoms with Crippen LogP contribution in [0.1, 0.15) is 34.8 Å². The number of carboxylic acids is 1. The topological polar surface area (TPSA) is 90.1 Å². The van der Waals surface area contributed by atoms with Crippen molar-refractivity contribution in [1.29, 1.82) is 0 Å². The number of hydrogen-bond acceptors (Lipinski definition) is 6. The van der Waals surface area contributed by atoms with E-state index in [1.54, 1.807) is 18.2 Å². The average molecular weight is 306 g/mol. The Morgan fingerprint density at radius 3 is 3.00 bits per heavy atom. The molecule has 0 saturated heterocycles. The van der Waals surface area contributed by atoms with Crippen LogP contribution in [0.3, 0.4) is 0 Å². The van der Waals surface area contributed by atoms with Crippen molar-refractivity contribution in [2.45, 2.75) is 29.8 Å². The first-order valence-corrected chi connectivity index (χ1v) is 7.48. The maximum atomic E-state index is 11.0. The fourth-order valence-electron chi connectivity index (χ4n) is 1.98. The molecule has 1 aliphatic carbocycles. The first kappa shape index (κ1) is 13.9. The van der Waals surface area contributed by atoms with E-state index in [4.69, 9.17) is 9.84 Å². The minimum atomic E-state index is -0.997. The molecular weight excluding hydrogens is 292 g/mol. The Kier molecular flexibility index (Phi) is 3.78. The molecule has 1 N–H and O–H groups in total. The Hall–Kier alpha value is -2.09. The first-order chi connectivity index (χ1) is 10.2. The monoisotopic (exact) mass is 306 g/mol. The lowest BCUT2D eigenvalue weighted by Crippen LogP contribution is -2.01. The second-order valence-corrected chi connectivity index (χ2v) is 5.71. The van der Waals surface area contributed by atoms with Crippen LogP contribution in [0.5, 0.6) is 5.75 Å².